The number of halogens is 1. The van der Waals surface area contributed by atoms with Crippen LogP contribution in [0.5, 0.6) is 0 Å². The molecule has 0 amide bonds. The van der Waals surface area contributed by atoms with E-state index in [4.69, 9.17) is 4.74 Å². The fourth-order valence-electron chi connectivity index (χ4n) is 2.66. The third kappa shape index (κ3) is 3.57. The molecular weight excluding hydrogens is 398 g/mol. The van der Waals surface area contributed by atoms with Gasteiger partial charge in [-0.15, -0.1) is 0 Å². The van der Waals surface area contributed by atoms with Crippen molar-refractivity contribution >= 4 is 38.7 Å². The molecule has 2 heterocycles. The first-order valence-corrected chi connectivity index (χ1v) is 8.76. The lowest BCUT2D eigenvalue weighted by atomic mass is 10.0. The third-order valence-electron chi connectivity index (χ3n) is 3.83. The van der Waals surface area contributed by atoms with Crippen LogP contribution in [0.4, 0.5) is 0 Å². The number of benzene rings is 1. The Labute approximate surface area is 158 Å². The van der Waals surface area contributed by atoms with Crippen LogP contribution in [0.15, 0.2) is 47.9 Å². The average Bonchev–Trinajstić information content (AvgIpc) is 3.06. The highest BCUT2D eigenvalue weighted by Crippen LogP contribution is 2.29. The maximum Gasteiger partial charge on any atom is 0.340 e. The molecule has 26 heavy (non-hydrogen) atoms. The third-order valence-corrected chi connectivity index (χ3v) is 4.28. The van der Waals surface area contributed by atoms with Gasteiger partial charge in [0.05, 0.1) is 27.7 Å². The first-order valence-electron chi connectivity index (χ1n) is 7.97. The number of esters is 1. The summed E-state index contributed by atoms with van der Waals surface area (Å²) in [5.74, 6) is -0.527. The lowest BCUT2D eigenvalue weighted by molar-refractivity contribution is -0.114. The van der Waals surface area contributed by atoms with Gasteiger partial charge in [0.2, 0.25) is 0 Å². The van der Waals surface area contributed by atoms with Crippen molar-refractivity contribution < 1.29 is 14.3 Å². The first kappa shape index (κ1) is 18.0. The Kier molecular flexibility index (Phi) is 5.27. The quantitative estimate of drug-likeness (QED) is 0.490. The fourth-order valence-corrected chi connectivity index (χ4v) is 2.80. The molecule has 2 aromatic heterocycles. The van der Waals surface area contributed by atoms with Crippen LogP contribution in [0.1, 0.15) is 22.8 Å². The summed E-state index contributed by atoms with van der Waals surface area (Å²) in [5.41, 5.74) is 3.15. The average molecular weight is 414 g/mol. The zero-order valence-corrected chi connectivity index (χ0v) is 15.7. The van der Waals surface area contributed by atoms with Crippen LogP contribution in [-0.2, 0) is 16.0 Å². The Morgan fingerprint density at radius 1 is 1.31 bits per heavy atom. The highest BCUT2D eigenvalue weighted by Gasteiger charge is 2.19. The Balaban J connectivity index is 2.08. The predicted molar refractivity (Wildman–Crippen MR) is 102 cm³/mol. The lowest BCUT2D eigenvalue weighted by Gasteiger charge is -2.07. The van der Waals surface area contributed by atoms with Crippen molar-refractivity contribution in [3.05, 3.63) is 59.0 Å². The number of hydrogen-bond acceptors (Lipinski definition) is 5. The maximum absolute atomic E-state index is 12.2. The van der Waals surface area contributed by atoms with Gasteiger partial charge in [0.1, 0.15) is 12.0 Å². The monoisotopic (exact) mass is 413 g/mol. The molecule has 0 bridgehead atoms. The Bertz CT molecular complexity index is 1010. The lowest BCUT2D eigenvalue weighted by Crippen LogP contribution is -2.04. The summed E-state index contributed by atoms with van der Waals surface area (Å²) in [5, 5.41) is 0.597. The number of ether oxygens (including phenoxy) is 1. The van der Waals surface area contributed by atoms with Crippen LogP contribution >= 0.6 is 15.9 Å². The number of ketones is 1. The summed E-state index contributed by atoms with van der Waals surface area (Å²) in [4.78, 5) is 35.7. The molecule has 0 aliphatic rings. The van der Waals surface area contributed by atoms with E-state index < -0.39 is 5.97 Å². The van der Waals surface area contributed by atoms with Gasteiger partial charge in [0.25, 0.3) is 0 Å². The molecule has 6 nitrogen and oxygen atoms in total. The zero-order valence-electron chi connectivity index (χ0n) is 14.1. The maximum atomic E-state index is 12.2. The standard InChI is InChI=1S/C19H16BrN3O3/c1-3-26-19(25)14-9-21-18-16(14)17(22-10-23-18)13-6-4-5-12(7-13)8-15(24)11(2)20/h4-7,9-10H,2-3,8H2,1H3,(H,21,22,23). The number of carbonyl (C=O) groups is 2. The minimum atomic E-state index is -0.434. The number of allylic oxidation sites excluding steroid dienone is 1. The molecule has 0 saturated heterocycles. The number of hydrogen-bond donors (Lipinski definition) is 1. The molecule has 0 aliphatic carbocycles. The summed E-state index contributed by atoms with van der Waals surface area (Å²) in [7, 11) is 0. The van der Waals surface area contributed by atoms with E-state index >= 15 is 0 Å². The SMILES string of the molecule is C=C(Br)C(=O)Cc1cccc(-c2ncnc3[nH]cc(C(=O)OCC)c23)c1. The summed E-state index contributed by atoms with van der Waals surface area (Å²) >= 11 is 3.11. The van der Waals surface area contributed by atoms with E-state index in [9.17, 15) is 9.59 Å². The number of carbonyl (C=O) groups excluding carboxylic acids is 2. The Hall–Kier alpha value is -2.80. The van der Waals surface area contributed by atoms with Gasteiger partial charge in [-0.1, -0.05) is 24.8 Å². The van der Waals surface area contributed by atoms with E-state index in [0.29, 0.717) is 26.8 Å². The van der Waals surface area contributed by atoms with Crippen LogP contribution in [0.2, 0.25) is 0 Å². The van der Waals surface area contributed by atoms with Gasteiger partial charge in [-0.05, 0) is 34.5 Å². The van der Waals surface area contributed by atoms with E-state index in [0.717, 1.165) is 11.1 Å². The van der Waals surface area contributed by atoms with Crippen LogP contribution in [0.25, 0.3) is 22.3 Å². The second-order valence-electron chi connectivity index (χ2n) is 5.57. The molecule has 3 aromatic rings. The number of fused-ring (bicyclic) bond motifs is 1. The van der Waals surface area contributed by atoms with E-state index in [1.165, 1.54) is 6.33 Å². The minimum absolute atomic E-state index is 0.0937. The van der Waals surface area contributed by atoms with Crippen LogP contribution in [0.3, 0.4) is 0 Å². The van der Waals surface area contributed by atoms with Crippen LogP contribution in [-0.4, -0.2) is 33.3 Å². The predicted octanol–water partition coefficient (Wildman–Crippen LogP) is 3.82. The number of aromatic amines is 1. The number of Topliss-reactive ketones (excluding diaryl/α,β-unsaturated/α-hetero) is 1. The van der Waals surface area contributed by atoms with Gasteiger partial charge in [-0.3, -0.25) is 4.79 Å². The number of nitrogens with one attached hydrogen (secondary N) is 1. The van der Waals surface area contributed by atoms with E-state index in [2.05, 4.69) is 37.5 Å². The van der Waals surface area contributed by atoms with E-state index in [1.807, 2.05) is 24.3 Å². The second kappa shape index (κ2) is 7.61. The molecule has 0 saturated carbocycles. The normalized spacial score (nSPS) is 10.7. The fraction of sp³-hybridized carbons (Fsp3) is 0.158. The molecule has 1 aromatic carbocycles. The molecule has 0 fully saturated rings. The second-order valence-corrected chi connectivity index (χ2v) is 6.53. The number of rotatable bonds is 6. The smallest absolute Gasteiger partial charge is 0.340 e. The Morgan fingerprint density at radius 2 is 2.12 bits per heavy atom. The van der Waals surface area contributed by atoms with E-state index in [1.54, 1.807) is 13.1 Å². The van der Waals surface area contributed by atoms with Crippen LogP contribution < -0.4 is 0 Å². The van der Waals surface area contributed by atoms with Crippen molar-refractivity contribution in [2.45, 2.75) is 13.3 Å². The largest absolute Gasteiger partial charge is 0.462 e. The van der Waals surface area contributed by atoms with Gasteiger partial charge in [0.15, 0.2) is 5.78 Å². The number of aromatic nitrogens is 3. The van der Waals surface area contributed by atoms with Crippen molar-refractivity contribution in [2.24, 2.45) is 0 Å². The topological polar surface area (TPSA) is 84.9 Å². The Morgan fingerprint density at radius 3 is 2.85 bits per heavy atom. The van der Waals surface area contributed by atoms with Gasteiger partial charge in [-0.2, -0.15) is 0 Å². The molecule has 0 atom stereocenters. The van der Waals surface area contributed by atoms with Crippen molar-refractivity contribution in [1.82, 2.24) is 15.0 Å². The molecule has 7 heteroatoms. The van der Waals surface area contributed by atoms with Crippen molar-refractivity contribution in [3.63, 3.8) is 0 Å². The van der Waals surface area contributed by atoms with Crippen molar-refractivity contribution in [2.75, 3.05) is 6.61 Å². The first-order chi connectivity index (χ1) is 12.5. The molecule has 132 valence electrons. The number of H-pyrrole nitrogens is 1. The highest BCUT2D eigenvalue weighted by molar-refractivity contribution is 9.12. The van der Waals surface area contributed by atoms with E-state index in [-0.39, 0.29) is 18.8 Å². The summed E-state index contributed by atoms with van der Waals surface area (Å²) in [6.07, 6.45) is 3.23. The van der Waals surface area contributed by atoms with Gasteiger partial charge < -0.3 is 9.72 Å². The highest BCUT2D eigenvalue weighted by atomic mass is 79.9. The molecule has 0 radical (unpaired) electrons. The minimum Gasteiger partial charge on any atom is -0.462 e. The van der Waals surface area contributed by atoms with Crippen LogP contribution in [0, 0.1) is 0 Å². The van der Waals surface area contributed by atoms with Gasteiger partial charge >= 0.3 is 5.97 Å². The zero-order chi connectivity index (χ0) is 18.7. The summed E-state index contributed by atoms with van der Waals surface area (Å²) in [6, 6.07) is 7.46. The van der Waals surface area contributed by atoms with Crippen molar-refractivity contribution in [1.29, 1.82) is 0 Å². The van der Waals surface area contributed by atoms with Gasteiger partial charge in [0, 0.05) is 18.2 Å². The molecule has 0 unspecified atom stereocenters. The molecule has 0 spiro atoms. The van der Waals surface area contributed by atoms with Crippen molar-refractivity contribution in [3.8, 4) is 11.3 Å². The molecule has 3 rings (SSSR count). The number of nitrogens with zero attached hydrogens (tertiary/aromatic N) is 2. The summed E-state index contributed by atoms with van der Waals surface area (Å²) in [6.45, 7) is 5.64. The molecule has 0 aliphatic heterocycles. The summed E-state index contributed by atoms with van der Waals surface area (Å²) < 4.78 is 5.45. The molecular formula is C19H16BrN3O3. The molecule has 1 N–H and O–H groups in total. The van der Waals surface area contributed by atoms with Gasteiger partial charge in [-0.25, -0.2) is 14.8 Å².